The maximum Gasteiger partial charge on any atom is 0.293 e. The molecule has 13 rings (SSSR count). The molecule has 3 atom stereocenters. The molecule has 3 aromatic carbocycles. The van der Waals surface area contributed by atoms with Crippen molar-refractivity contribution in [2.24, 2.45) is 11.3 Å². The Labute approximate surface area is 502 Å². The molecular formula is C64H79N11O10S. The molecule has 0 bridgehead atoms. The van der Waals surface area contributed by atoms with Crippen molar-refractivity contribution in [2.75, 3.05) is 98.8 Å². The lowest BCUT2D eigenvalue weighted by Crippen LogP contribution is -2.59. The first kappa shape index (κ1) is 58.0. The van der Waals surface area contributed by atoms with Gasteiger partial charge >= 0.3 is 0 Å². The van der Waals surface area contributed by atoms with Gasteiger partial charge in [-0.15, -0.1) is 0 Å². The normalized spacial score (nSPS) is 24.6. The summed E-state index contributed by atoms with van der Waals surface area (Å²) in [7, 11) is -4.65. The highest BCUT2D eigenvalue weighted by molar-refractivity contribution is 7.90. The SMILES string of the molecule is CC(C)Oc1ccccc1[C@H]1CN(Cc2ccc(N3CCOCC3)nc2)CCN1C1CC2(CCN(c3ccc(C(=O)NS(=O)(=O)c4ccc(NCC5CCC(C)(O)CC5)c([N+](=O)[O-])c4)c(N4c5cc6cc[nH]c6nc5O[C@H]5COCC[C@@H]54)c3)CC2)C1. The third-order valence-electron chi connectivity index (χ3n) is 19.2. The van der Waals surface area contributed by atoms with Gasteiger partial charge < -0.3 is 49.1 Å². The van der Waals surface area contributed by atoms with E-state index in [4.69, 9.17) is 28.9 Å². The number of sulfonamides is 1. The number of pyridine rings is 2. The Morgan fingerprint density at radius 1 is 0.895 bits per heavy atom. The van der Waals surface area contributed by atoms with Crippen molar-refractivity contribution in [1.82, 2.24) is 29.5 Å². The Morgan fingerprint density at radius 3 is 2.47 bits per heavy atom. The summed E-state index contributed by atoms with van der Waals surface area (Å²) in [5, 5.41) is 26.9. The Balaban J connectivity index is 0.743. The molecule has 2 aliphatic carbocycles. The number of ether oxygens (including phenoxy) is 4. The first-order valence-electron chi connectivity index (χ1n) is 30.8. The van der Waals surface area contributed by atoms with Crippen LogP contribution in [-0.4, -0.2) is 158 Å². The third-order valence-corrected chi connectivity index (χ3v) is 20.6. The summed E-state index contributed by atoms with van der Waals surface area (Å²) in [5.41, 5.74) is 4.39. The van der Waals surface area contributed by atoms with Crippen LogP contribution in [0.1, 0.15) is 106 Å². The first-order chi connectivity index (χ1) is 41.5. The molecule has 4 N–H and O–H groups in total. The van der Waals surface area contributed by atoms with E-state index >= 15 is 0 Å². The lowest BCUT2D eigenvalue weighted by molar-refractivity contribution is -0.384. The molecular weight excluding hydrogens is 1110 g/mol. The van der Waals surface area contributed by atoms with Crippen molar-refractivity contribution >= 4 is 61.2 Å². The number of piperazine rings is 1. The van der Waals surface area contributed by atoms with Crippen LogP contribution in [0.15, 0.2) is 102 Å². The van der Waals surface area contributed by atoms with Crippen LogP contribution in [-0.2, 0) is 26.0 Å². The zero-order valence-electron chi connectivity index (χ0n) is 49.4. The number of aliphatic hydroxyl groups is 1. The summed E-state index contributed by atoms with van der Waals surface area (Å²) in [5.74, 6) is 1.60. The van der Waals surface area contributed by atoms with Crippen LogP contribution in [0.4, 0.5) is 34.3 Å². The average molecular weight is 1190 g/mol. The summed E-state index contributed by atoms with van der Waals surface area (Å²) in [6, 6.07) is 26.4. The number of aromatic amines is 1. The molecule has 21 nitrogen and oxygen atoms in total. The van der Waals surface area contributed by atoms with Gasteiger partial charge in [-0.2, -0.15) is 4.98 Å². The number of fused-ring (bicyclic) bond motifs is 3. The summed E-state index contributed by atoms with van der Waals surface area (Å²) in [4.78, 5) is 51.3. The number of piperidine rings is 1. The first-order valence-corrected chi connectivity index (χ1v) is 32.3. The molecule has 0 unspecified atom stereocenters. The largest absolute Gasteiger partial charge is 0.491 e. The van der Waals surface area contributed by atoms with Crippen LogP contribution in [0.3, 0.4) is 0 Å². The van der Waals surface area contributed by atoms with Gasteiger partial charge in [0, 0.05) is 107 Å². The molecule has 0 radical (unpaired) electrons. The summed E-state index contributed by atoms with van der Waals surface area (Å²) in [6.45, 7) is 15.5. The van der Waals surface area contributed by atoms with E-state index in [1.54, 1.807) is 6.07 Å². The molecule has 6 fully saturated rings. The molecule has 86 heavy (non-hydrogen) atoms. The van der Waals surface area contributed by atoms with Crippen molar-refractivity contribution in [3.8, 4) is 11.6 Å². The van der Waals surface area contributed by atoms with E-state index in [-0.39, 0.29) is 40.8 Å². The second-order valence-corrected chi connectivity index (χ2v) is 27.1. The van der Waals surface area contributed by atoms with E-state index in [1.165, 1.54) is 23.3 Å². The molecule has 22 heteroatoms. The number of carbonyl (C=O) groups excluding carboxylic acids is 1. The zero-order valence-corrected chi connectivity index (χ0v) is 50.2. The van der Waals surface area contributed by atoms with Gasteiger partial charge in [0.05, 0.1) is 64.7 Å². The van der Waals surface area contributed by atoms with Crippen molar-refractivity contribution < 1.29 is 42.2 Å². The second-order valence-electron chi connectivity index (χ2n) is 25.4. The molecule has 6 aromatic rings. The minimum Gasteiger partial charge on any atom is -0.491 e. The van der Waals surface area contributed by atoms with Gasteiger partial charge in [0.25, 0.3) is 21.6 Å². The fourth-order valence-electron chi connectivity index (χ4n) is 14.4. The minimum absolute atomic E-state index is 0.0397. The van der Waals surface area contributed by atoms with E-state index in [0.717, 1.165) is 133 Å². The number of nitrogens with one attached hydrogen (secondary N) is 3. The number of carbonyl (C=O) groups is 1. The topological polar surface area (TPSA) is 233 Å². The lowest BCUT2D eigenvalue weighted by Gasteiger charge is -2.58. The molecule has 456 valence electrons. The highest BCUT2D eigenvalue weighted by Gasteiger charge is 2.51. The van der Waals surface area contributed by atoms with E-state index < -0.39 is 43.1 Å². The number of amides is 1. The smallest absolute Gasteiger partial charge is 0.293 e. The van der Waals surface area contributed by atoms with Gasteiger partial charge in [0.1, 0.15) is 34.7 Å². The predicted molar refractivity (Wildman–Crippen MR) is 328 cm³/mol. The van der Waals surface area contributed by atoms with E-state index in [0.29, 0.717) is 68.0 Å². The van der Waals surface area contributed by atoms with Gasteiger partial charge in [-0.05, 0) is 150 Å². The van der Waals surface area contributed by atoms with Crippen LogP contribution in [0.2, 0.25) is 0 Å². The summed E-state index contributed by atoms with van der Waals surface area (Å²) in [6.07, 6.45) is 10.9. The molecule has 1 spiro atoms. The van der Waals surface area contributed by atoms with E-state index in [1.807, 2.05) is 43.6 Å². The van der Waals surface area contributed by atoms with E-state index in [2.05, 4.69) is 89.8 Å². The lowest BCUT2D eigenvalue weighted by atomic mass is 9.59. The van der Waals surface area contributed by atoms with Crippen molar-refractivity contribution in [1.29, 1.82) is 0 Å². The quantitative estimate of drug-likeness (QED) is 0.0523. The third kappa shape index (κ3) is 12.0. The number of H-pyrrole nitrogens is 1. The Morgan fingerprint density at radius 2 is 1.70 bits per heavy atom. The highest BCUT2D eigenvalue weighted by Crippen LogP contribution is 2.54. The predicted octanol–water partition coefficient (Wildman–Crippen LogP) is 8.96. The maximum atomic E-state index is 14.9. The number of para-hydroxylation sites is 1. The van der Waals surface area contributed by atoms with Crippen LogP contribution < -0.4 is 34.2 Å². The second kappa shape index (κ2) is 23.9. The van der Waals surface area contributed by atoms with Crippen molar-refractivity contribution in [3.63, 3.8) is 0 Å². The zero-order chi connectivity index (χ0) is 59.3. The number of nitrogens with zero attached hydrogens (tertiary/aromatic N) is 8. The maximum absolute atomic E-state index is 14.9. The van der Waals surface area contributed by atoms with E-state index in [9.17, 15) is 28.4 Å². The summed E-state index contributed by atoms with van der Waals surface area (Å²) >= 11 is 0. The monoisotopic (exact) mass is 1190 g/mol. The van der Waals surface area contributed by atoms with Gasteiger partial charge in [-0.25, -0.2) is 18.1 Å². The molecule has 3 aromatic heterocycles. The van der Waals surface area contributed by atoms with Crippen LogP contribution in [0.25, 0.3) is 11.0 Å². The number of hydrogen-bond acceptors (Lipinski definition) is 18. The van der Waals surface area contributed by atoms with Crippen LogP contribution in [0, 0.1) is 21.4 Å². The Hall–Kier alpha value is -7.08. The number of morpholine rings is 1. The van der Waals surface area contributed by atoms with Gasteiger partial charge in [-0.1, -0.05) is 24.3 Å². The molecule has 1 amide bonds. The van der Waals surface area contributed by atoms with Crippen LogP contribution in [0.5, 0.6) is 11.6 Å². The average Bonchev–Trinajstić information content (AvgIpc) is 2.92. The van der Waals surface area contributed by atoms with Crippen molar-refractivity contribution in [3.05, 3.63) is 124 Å². The fraction of sp³-hybridized carbons (Fsp3) is 0.516. The molecule has 4 saturated heterocycles. The number of rotatable bonds is 16. The summed E-state index contributed by atoms with van der Waals surface area (Å²) < 4.78 is 55.5. The van der Waals surface area contributed by atoms with Gasteiger partial charge in [-0.3, -0.25) is 24.7 Å². The molecule has 5 aliphatic heterocycles. The fourth-order valence-corrected chi connectivity index (χ4v) is 15.4. The number of nitro benzene ring substituents is 1. The number of nitro groups is 1. The van der Waals surface area contributed by atoms with Crippen LogP contribution >= 0.6 is 0 Å². The van der Waals surface area contributed by atoms with Crippen molar-refractivity contribution in [2.45, 2.75) is 126 Å². The van der Waals surface area contributed by atoms with Gasteiger partial charge in [0.15, 0.2) is 0 Å². The van der Waals surface area contributed by atoms with Gasteiger partial charge in [0.2, 0.25) is 5.88 Å². The Kier molecular flexibility index (Phi) is 16.1. The number of anilines is 5. The minimum atomic E-state index is -4.65. The standard InChI is InChI=1S/C64H79N11O10S/c1-42(2)84-57-7-5-4-6-49(57)56-40-70(39-44-8-13-59(67-38-44)72-27-30-82-31-28-72)25-26-73(56)47-35-64(36-47)20-23-71(24-21-64)46-9-11-50(53(33-46)74-52-17-29-83-41-58(52)85-62-55(74)32-45-16-22-65-60(45)68-62)61(76)69-86(80,81)48-10-12-51(54(34-48)75(78)79)66-37-43-14-18-63(3,77)19-15-43/h4-13,16,22,32-34,38,42-43,47,52,56,58,66,77H,14-15,17-21,23-31,35-37,39-41H2,1-3H3,(H,65,68)(H,69,76)/t43?,52-,56+,58-,63?/m0/s1. The molecule has 8 heterocycles. The number of benzene rings is 3. The molecule has 7 aliphatic rings. The molecule has 2 saturated carbocycles. The Bertz CT molecular complexity index is 3550. The highest BCUT2D eigenvalue weighted by atomic mass is 32.2. The number of aromatic nitrogens is 3. The number of hydrogen-bond donors (Lipinski definition) is 4.